The lowest BCUT2D eigenvalue weighted by Gasteiger charge is -2.27. The molecule has 3 nitrogen and oxygen atoms in total. The Labute approximate surface area is 107 Å². The maximum absolute atomic E-state index is 9.69. The first-order chi connectivity index (χ1) is 8.68. The molecule has 1 unspecified atom stereocenters. The molecule has 1 heterocycles. The highest BCUT2D eigenvalue weighted by molar-refractivity contribution is 5.33. The first-order valence-electron chi connectivity index (χ1n) is 5.96. The Morgan fingerprint density at radius 2 is 1.94 bits per heavy atom. The van der Waals surface area contributed by atoms with E-state index in [-0.39, 0.29) is 12.0 Å². The number of hydrogen-bond acceptors (Lipinski definition) is 3. The van der Waals surface area contributed by atoms with Gasteiger partial charge in [0, 0.05) is 11.8 Å². The van der Waals surface area contributed by atoms with E-state index < -0.39 is 0 Å². The van der Waals surface area contributed by atoms with E-state index in [1.165, 1.54) is 0 Å². The monoisotopic (exact) mass is 246 g/mol. The van der Waals surface area contributed by atoms with E-state index in [9.17, 15) is 5.11 Å². The predicted octanol–water partition coefficient (Wildman–Crippen LogP) is 2.78. The highest BCUT2D eigenvalue weighted by Crippen LogP contribution is 2.29. The van der Waals surface area contributed by atoms with Crippen molar-refractivity contribution in [1.82, 2.24) is 0 Å². The number of rotatable bonds is 5. The zero-order valence-corrected chi connectivity index (χ0v) is 10.7. The third-order valence-corrected chi connectivity index (χ3v) is 3.28. The number of aliphatic hydroxyl groups is 1. The van der Waals surface area contributed by atoms with Gasteiger partial charge in [-0.1, -0.05) is 19.1 Å². The first kappa shape index (κ1) is 12.7. The van der Waals surface area contributed by atoms with E-state index in [0.29, 0.717) is 6.42 Å². The predicted molar refractivity (Wildman–Crippen MR) is 69.8 cm³/mol. The summed E-state index contributed by atoms with van der Waals surface area (Å²) in [7, 11) is 1.64. The van der Waals surface area contributed by atoms with Crippen molar-refractivity contribution in [2.45, 2.75) is 18.8 Å². The minimum Gasteiger partial charge on any atom is -0.497 e. The van der Waals surface area contributed by atoms with Crippen LogP contribution in [0.1, 0.15) is 18.2 Å². The van der Waals surface area contributed by atoms with E-state index in [4.69, 9.17) is 9.15 Å². The summed E-state index contributed by atoms with van der Waals surface area (Å²) in [6, 6.07) is 11.6. The fourth-order valence-electron chi connectivity index (χ4n) is 2.04. The van der Waals surface area contributed by atoms with E-state index in [0.717, 1.165) is 17.1 Å². The molecular formula is C15H18O3. The van der Waals surface area contributed by atoms with E-state index >= 15 is 0 Å². The van der Waals surface area contributed by atoms with Crippen molar-refractivity contribution in [3.8, 4) is 5.75 Å². The van der Waals surface area contributed by atoms with Gasteiger partial charge in [0.2, 0.25) is 0 Å². The summed E-state index contributed by atoms with van der Waals surface area (Å²) in [6.45, 7) is 2.09. The molecule has 0 aliphatic rings. The fourth-order valence-corrected chi connectivity index (χ4v) is 2.04. The smallest absolute Gasteiger partial charge is 0.118 e. The number of aliphatic hydroxyl groups excluding tert-OH is 1. The van der Waals surface area contributed by atoms with E-state index in [1.807, 2.05) is 43.3 Å². The molecular weight excluding hydrogens is 228 g/mol. The van der Waals surface area contributed by atoms with Gasteiger partial charge in [-0.3, -0.25) is 0 Å². The summed E-state index contributed by atoms with van der Waals surface area (Å²) in [5.74, 6) is 1.69. The summed E-state index contributed by atoms with van der Waals surface area (Å²) in [5.41, 5.74) is 0.728. The van der Waals surface area contributed by atoms with E-state index in [2.05, 4.69) is 0 Å². The molecule has 3 heteroatoms. The summed E-state index contributed by atoms with van der Waals surface area (Å²) in [6.07, 6.45) is 2.32. The summed E-state index contributed by atoms with van der Waals surface area (Å²) in [5, 5.41) is 9.69. The third kappa shape index (κ3) is 2.57. The minimum atomic E-state index is -0.343. The maximum Gasteiger partial charge on any atom is 0.118 e. The van der Waals surface area contributed by atoms with Gasteiger partial charge in [-0.25, -0.2) is 0 Å². The molecule has 2 aromatic rings. The van der Waals surface area contributed by atoms with Gasteiger partial charge in [-0.15, -0.1) is 0 Å². The van der Waals surface area contributed by atoms with Crippen molar-refractivity contribution in [1.29, 1.82) is 0 Å². The van der Waals surface area contributed by atoms with Gasteiger partial charge in [-0.05, 0) is 29.8 Å². The van der Waals surface area contributed by atoms with Crippen molar-refractivity contribution < 1.29 is 14.3 Å². The Morgan fingerprint density at radius 3 is 2.44 bits per heavy atom. The van der Waals surface area contributed by atoms with Gasteiger partial charge in [0.15, 0.2) is 0 Å². The standard InChI is InChI=1S/C15H18O3/c1-15(11-16,10-14-4-3-9-18-14)12-5-7-13(17-2)8-6-12/h3-9,16H,10-11H2,1-2H3. The van der Waals surface area contributed by atoms with Gasteiger partial charge in [-0.2, -0.15) is 0 Å². The van der Waals surface area contributed by atoms with Gasteiger partial charge in [0.05, 0.1) is 20.0 Å². The molecule has 0 spiro atoms. The topological polar surface area (TPSA) is 42.6 Å². The van der Waals surface area contributed by atoms with Crippen LogP contribution in [-0.4, -0.2) is 18.8 Å². The Bertz CT molecular complexity index is 473. The zero-order chi connectivity index (χ0) is 13.0. The molecule has 0 aliphatic heterocycles. The molecule has 1 aromatic carbocycles. The summed E-state index contributed by atoms with van der Waals surface area (Å²) < 4.78 is 10.5. The van der Waals surface area contributed by atoms with Crippen LogP contribution in [0.4, 0.5) is 0 Å². The van der Waals surface area contributed by atoms with Crippen molar-refractivity contribution in [2.24, 2.45) is 0 Å². The SMILES string of the molecule is COc1ccc(C(C)(CO)Cc2ccco2)cc1. The van der Waals surface area contributed by atoms with Crippen molar-refractivity contribution in [2.75, 3.05) is 13.7 Å². The number of benzene rings is 1. The van der Waals surface area contributed by atoms with Crippen molar-refractivity contribution >= 4 is 0 Å². The quantitative estimate of drug-likeness (QED) is 0.882. The Balaban J connectivity index is 2.24. The van der Waals surface area contributed by atoms with Crippen LogP contribution in [0.3, 0.4) is 0 Å². The second-order valence-electron chi connectivity index (χ2n) is 4.70. The lowest BCUT2D eigenvalue weighted by atomic mass is 9.79. The van der Waals surface area contributed by atoms with E-state index in [1.54, 1.807) is 13.4 Å². The number of furan rings is 1. The molecule has 0 amide bonds. The van der Waals surface area contributed by atoms with Crippen LogP contribution in [0.5, 0.6) is 5.75 Å². The van der Waals surface area contributed by atoms with Crippen LogP contribution in [0.25, 0.3) is 0 Å². The first-order valence-corrected chi connectivity index (χ1v) is 5.96. The second-order valence-corrected chi connectivity index (χ2v) is 4.70. The van der Waals surface area contributed by atoms with Crippen LogP contribution in [0.15, 0.2) is 47.1 Å². The summed E-state index contributed by atoms with van der Waals surface area (Å²) in [4.78, 5) is 0. The average molecular weight is 246 g/mol. The zero-order valence-electron chi connectivity index (χ0n) is 10.7. The Hall–Kier alpha value is -1.74. The molecule has 0 saturated carbocycles. The largest absolute Gasteiger partial charge is 0.497 e. The summed E-state index contributed by atoms with van der Waals surface area (Å²) >= 11 is 0. The third-order valence-electron chi connectivity index (χ3n) is 3.28. The van der Waals surface area contributed by atoms with Gasteiger partial charge in [0.25, 0.3) is 0 Å². The normalized spacial score (nSPS) is 14.2. The van der Waals surface area contributed by atoms with Crippen LogP contribution < -0.4 is 4.74 Å². The fraction of sp³-hybridized carbons (Fsp3) is 0.333. The Kier molecular flexibility index (Phi) is 3.72. The highest BCUT2D eigenvalue weighted by Gasteiger charge is 2.27. The number of methoxy groups -OCH3 is 1. The average Bonchev–Trinajstić information content (AvgIpc) is 2.91. The molecule has 18 heavy (non-hydrogen) atoms. The van der Waals surface area contributed by atoms with Gasteiger partial charge in [0.1, 0.15) is 11.5 Å². The lowest BCUT2D eigenvalue weighted by Crippen LogP contribution is -2.29. The molecule has 1 aromatic heterocycles. The van der Waals surface area contributed by atoms with Crippen molar-refractivity contribution in [3.63, 3.8) is 0 Å². The van der Waals surface area contributed by atoms with Crippen LogP contribution in [0, 0.1) is 0 Å². The maximum atomic E-state index is 9.69. The molecule has 1 atom stereocenters. The van der Waals surface area contributed by atoms with Crippen LogP contribution >= 0.6 is 0 Å². The van der Waals surface area contributed by atoms with Gasteiger partial charge >= 0.3 is 0 Å². The molecule has 0 bridgehead atoms. The highest BCUT2D eigenvalue weighted by atomic mass is 16.5. The number of ether oxygens (including phenoxy) is 1. The van der Waals surface area contributed by atoms with Crippen LogP contribution in [0.2, 0.25) is 0 Å². The number of hydrogen-bond donors (Lipinski definition) is 1. The van der Waals surface area contributed by atoms with Crippen molar-refractivity contribution in [3.05, 3.63) is 54.0 Å². The molecule has 0 saturated heterocycles. The molecule has 96 valence electrons. The molecule has 0 aliphatic carbocycles. The second kappa shape index (κ2) is 5.27. The molecule has 0 radical (unpaired) electrons. The van der Waals surface area contributed by atoms with Crippen LogP contribution in [-0.2, 0) is 11.8 Å². The minimum absolute atomic E-state index is 0.0695. The Morgan fingerprint density at radius 1 is 1.22 bits per heavy atom. The molecule has 1 N–H and O–H groups in total. The lowest BCUT2D eigenvalue weighted by molar-refractivity contribution is 0.198. The van der Waals surface area contributed by atoms with Gasteiger partial charge < -0.3 is 14.3 Å². The molecule has 0 fully saturated rings. The molecule has 2 rings (SSSR count).